The predicted molar refractivity (Wildman–Crippen MR) is 74.5 cm³/mol. The minimum atomic E-state index is -0.581. The summed E-state index contributed by atoms with van der Waals surface area (Å²) in [4.78, 5) is 20.6. The van der Waals surface area contributed by atoms with Crippen molar-refractivity contribution < 1.29 is 4.79 Å². The van der Waals surface area contributed by atoms with Crippen LogP contribution < -0.4 is 11.1 Å². The molecule has 0 saturated carbocycles. The molecule has 6 heteroatoms. The lowest BCUT2D eigenvalue weighted by Crippen LogP contribution is -2.38. The molecule has 0 bridgehead atoms. The lowest BCUT2D eigenvalue weighted by Gasteiger charge is -2.23. The Balaban J connectivity index is 2.48. The summed E-state index contributed by atoms with van der Waals surface area (Å²) < 4.78 is 1.79. The standard InChI is InChI=1S/C13H19N5O/c1-8-5-6-9-10(16-8)18(12(14)17-9)7-13(2,3)11(19)15-4/h5-6H,7H2,1-4H3,(H2,14,17)(H,15,19). The van der Waals surface area contributed by atoms with Crippen molar-refractivity contribution in [2.75, 3.05) is 12.8 Å². The van der Waals surface area contributed by atoms with Crippen molar-refractivity contribution in [1.82, 2.24) is 19.9 Å². The molecule has 0 unspecified atom stereocenters. The van der Waals surface area contributed by atoms with Crippen molar-refractivity contribution in [3.05, 3.63) is 17.8 Å². The van der Waals surface area contributed by atoms with E-state index in [2.05, 4.69) is 15.3 Å². The van der Waals surface area contributed by atoms with E-state index in [1.54, 1.807) is 11.6 Å². The summed E-state index contributed by atoms with van der Waals surface area (Å²) in [7, 11) is 1.63. The molecule has 0 aliphatic carbocycles. The van der Waals surface area contributed by atoms with E-state index in [1.165, 1.54) is 0 Å². The van der Waals surface area contributed by atoms with E-state index >= 15 is 0 Å². The fourth-order valence-electron chi connectivity index (χ4n) is 2.08. The number of aryl methyl sites for hydroxylation is 1. The Morgan fingerprint density at radius 3 is 2.74 bits per heavy atom. The van der Waals surface area contributed by atoms with Crippen LogP contribution in [0.25, 0.3) is 11.2 Å². The van der Waals surface area contributed by atoms with Crippen LogP contribution in [-0.2, 0) is 11.3 Å². The fourth-order valence-corrected chi connectivity index (χ4v) is 2.08. The summed E-state index contributed by atoms with van der Waals surface area (Å²) in [5.41, 5.74) is 7.71. The van der Waals surface area contributed by atoms with Crippen molar-refractivity contribution in [2.45, 2.75) is 27.3 Å². The maximum absolute atomic E-state index is 11.9. The number of nitrogens with one attached hydrogen (secondary N) is 1. The Morgan fingerprint density at radius 2 is 2.11 bits per heavy atom. The highest BCUT2D eigenvalue weighted by Crippen LogP contribution is 2.24. The first-order valence-electron chi connectivity index (χ1n) is 6.16. The first kappa shape index (κ1) is 13.3. The molecule has 0 radical (unpaired) electrons. The van der Waals surface area contributed by atoms with Gasteiger partial charge in [0.15, 0.2) is 5.65 Å². The maximum Gasteiger partial charge on any atom is 0.227 e. The van der Waals surface area contributed by atoms with Gasteiger partial charge in [-0.25, -0.2) is 9.97 Å². The molecular weight excluding hydrogens is 242 g/mol. The molecule has 1 amide bonds. The average Bonchev–Trinajstić information content (AvgIpc) is 2.64. The zero-order valence-corrected chi connectivity index (χ0v) is 11.7. The van der Waals surface area contributed by atoms with Gasteiger partial charge < -0.3 is 11.1 Å². The van der Waals surface area contributed by atoms with Gasteiger partial charge in [0.1, 0.15) is 5.52 Å². The number of aromatic nitrogens is 3. The second-order valence-electron chi connectivity index (χ2n) is 5.31. The minimum Gasteiger partial charge on any atom is -0.369 e. The number of carbonyl (C=O) groups is 1. The number of hydrogen-bond donors (Lipinski definition) is 2. The number of rotatable bonds is 3. The van der Waals surface area contributed by atoms with Crippen LogP contribution in [0.15, 0.2) is 12.1 Å². The van der Waals surface area contributed by atoms with Gasteiger partial charge in [-0.2, -0.15) is 0 Å². The molecule has 0 atom stereocenters. The second kappa shape index (κ2) is 4.53. The summed E-state index contributed by atoms with van der Waals surface area (Å²) in [5.74, 6) is 0.339. The number of fused-ring (bicyclic) bond motifs is 1. The van der Waals surface area contributed by atoms with Gasteiger partial charge >= 0.3 is 0 Å². The molecule has 3 N–H and O–H groups in total. The molecule has 6 nitrogen and oxygen atoms in total. The van der Waals surface area contributed by atoms with E-state index in [1.807, 2.05) is 32.9 Å². The number of imidazole rings is 1. The summed E-state index contributed by atoms with van der Waals surface area (Å²) in [6.07, 6.45) is 0. The molecule has 2 rings (SSSR count). The molecule has 0 aliphatic heterocycles. The van der Waals surface area contributed by atoms with Gasteiger partial charge in [0.2, 0.25) is 11.9 Å². The zero-order chi connectivity index (χ0) is 14.2. The number of hydrogen-bond acceptors (Lipinski definition) is 4. The maximum atomic E-state index is 11.9. The van der Waals surface area contributed by atoms with Crippen LogP contribution in [0.1, 0.15) is 19.5 Å². The van der Waals surface area contributed by atoms with Gasteiger partial charge in [0.25, 0.3) is 0 Å². The summed E-state index contributed by atoms with van der Waals surface area (Å²) in [5, 5.41) is 2.66. The van der Waals surface area contributed by atoms with Crippen molar-refractivity contribution in [3.8, 4) is 0 Å². The smallest absolute Gasteiger partial charge is 0.227 e. The average molecular weight is 261 g/mol. The van der Waals surface area contributed by atoms with E-state index in [9.17, 15) is 4.79 Å². The van der Waals surface area contributed by atoms with Crippen LogP contribution in [0.2, 0.25) is 0 Å². The molecule has 0 spiro atoms. The number of pyridine rings is 1. The molecule has 0 saturated heterocycles. The molecular formula is C13H19N5O. The molecule has 2 aromatic heterocycles. The predicted octanol–water partition coefficient (Wildman–Crippen LogP) is 1.09. The van der Waals surface area contributed by atoms with E-state index in [0.29, 0.717) is 12.5 Å². The van der Waals surface area contributed by atoms with E-state index in [4.69, 9.17) is 5.73 Å². The largest absolute Gasteiger partial charge is 0.369 e. The second-order valence-corrected chi connectivity index (χ2v) is 5.31. The van der Waals surface area contributed by atoms with Crippen molar-refractivity contribution in [2.24, 2.45) is 5.41 Å². The molecule has 0 aromatic carbocycles. The van der Waals surface area contributed by atoms with Gasteiger partial charge in [0.05, 0.1) is 5.41 Å². The van der Waals surface area contributed by atoms with Crippen molar-refractivity contribution in [1.29, 1.82) is 0 Å². The zero-order valence-electron chi connectivity index (χ0n) is 11.7. The highest BCUT2D eigenvalue weighted by Gasteiger charge is 2.29. The summed E-state index contributed by atoms with van der Waals surface area (Å²) in [6, 6.07) is 3.78. The third-order valence-corrected chi connectivity index (χ3v) is 3.16. The third kappa shape index (κ3) is 2.38. The Hall–Kier alpha value is -2.11. The Morgan fingerprint density at radius 1 is 1.42 bits per heavy atom. The Kier molecular flexibility index (Phi) is 3.18. The van der Waals surface area contributed by atoms with E-state index in [0.717, 1.165) is 16.9 Å². The monoisotopic (exact) mass is 261 g/mol. The minimum absolute atomic E-state index is 0.0404. The highest BCUT2D eigenvalue weighted by atomic mass is 16.2. The van der Waals surface area contributed by atoms with Crippen LogP contribution >= 0.6 is 0 Å². The van der Waals surface area contributed by atoms with Crippen LogP contribution in [0, 0.1) is 12.3 Å². The molecule has 2 aromatic rings. The molecule has 102 valence electrons. The number of nitrogens with zero attached hydrogens (tertiary/aromatic N) is 3. The van der Waals surface area contributed by atoms with Crippen molar-refractivity contribution in [3.63, 3.8) is 0 Å². The quantitative estimate of drug-likeness (QED) is 0.866. The Bertz CT molecular complexity index is 629. The number of nitrogen functional groups attached to an aromatic ring is 1. The topological polar surface area (TPSA) is 85.8 Å². The Labute approximate surface area is 112 Å². The number of anilines is 1. The lowest BCUT2D eigenvalue weighted by atomic mass is 9.92. The third-order valence-electron chi connectivity index (χ3n) is 3.16. The van der Waals surface area contributed by atoms with Gasteiger partial charge in [-0.3, -0.25) is 9.36 Å². The first-order chi connectivity index (χ1) is 8.85. The van der Waals surface area contributed by atoms with E-state index in [-0.39, 0.29) is 5.91 Å². The first-order valence-corrected chi connectivity index (χ1v) is 6.16. The number of carbonyl (C=O) groups excluding carboxylic acids is 1. The van der Waals surface area contributed by atoms with Crippen LogP contribution in [-0.4, -0.2) is 27.5 Å². The summed E-state index contributed by atoms with van der Waals surface area (Å²) in [6.45, 7) is 6.09. The normalized spacial score (nSPS) is 11.8. The number of amides is 1. The molecule has 19 heavy (non-hydrogen) atoms. The SMILES string of the molecule is CNC(=O)C(C)(C)Cn1c(N)nc2ccc(C)nc21. The summed E-state index contributed by atoms with van der Waals surface area (Å²) >= 11 is 0. The highest BCUT2D eigenvalue weighted by molar-refractivity contribution is 5.82. The fraction of sp³-hybridized carbons (Fsp3) is 0.462. The van der Waals surface area contributed by atoms with Crippen LogP contribution in [0.4, 0.5) is 5.95 Å². The van der Waals surface area contributed by atoms with Gasteiger partial charge in [0, 0.05) is 19.3 Å². The van der Waals surface area contributed by atoms with Gasteiger partial charge in [-0.15, -0.1) is 0 Å². The molecule has 0 fully saturated rings. The van der Waals surface area contributed by atoms with E-state index < -0.39 is 5.41 Å². The molecule has 2 heterocycles. The van der Waals surface area contributed by atoms with Crippen LogP contribution in [0.3, 0.4) is 0 Å². The molecule has 0 aliphatic rings. The van der Waals surface area contributed by atoms with Crippen LogP contribution in [0.5, 0.6) is 0 Å². The number of nitrogens with two attached hydrogens (primary N) is 1. The van der Waals surface area contributed by atoms with Gasteiger partial charge in [-0.1, -0.05) is 0 Å². The van der Waals surface area contributed by atoms with Gasteiger partial charge in [-0.05, 0) is 32.9 Å². The van der Waals surface area contributed by atoms with Crippen molar-refractivity contribution >= 4 is 23.0 Å². The lowest BCUT2D eigenvalue weighted by molar-refractivity contribution is -0.129.